The van der Waals surface area contributed by atoms with Crippen LogP contribution in [0.3, 0.4) is 0 Å². The predicted octanol–water partition coefficient (Wildman–Crippen LogP) is 3.10. The van der Waals surface area contributed by atoms with E-state index in [0.717, 1.165) is 42.7 Å². The molecule has 0 radical (unpaired) electrons. The highest BCUT2D eigenvalue weighted by Gasteiger charge is 2.22. The van der Waals surface area contributed by atoms with E-state index in [2.05, 4.69) is 18.9 Å². The van der Waals surface area contributed by atoms with Crippen molar-refractivity contribution in [3.8, 4) is 0 Å². The Bertz CT molecular complexity index is 1100. The van der Waals surface area contributed by atoms with Crippen molar-refractivity contribution >= 4 is 21.8 Å². The molecule has 26 heavy (non-hydrogen) atoms. The van der Waals surface area contributed by atoms with Crippen molar-refractivity contribution in [3.05, 3.63) is 56.6 Å². The van der Waals surface area contributed by atoms with Crippen LogP contribution in [0.15, 0.2) is 39.9 Å². The highest BCUT2D eigenvalue weighted by Crippen LogP contribution is 2.22. The SMILES string of the molecule is CC(C)c1cc2c(c(=O)c3ccccc3n2C)c(=O)n1N1CCCCC1. The second-order valence-corrected chi connectivity index (χ2v) is 7.52. The molecule has 0 bridgehead atoms. The number of piperidine rings is 1. The van der Waals surface area contributed by atoms with Crippen LogP contribution in [-0.2, 0) is 7.05 Å². The third kappa shape index (κ3) is 2.45. The van der Waals surface area contributed by atoms with Gasteiger partial charge in [-0.3, -0.25) is 9.59 Å². The first-order valence-corrected chi connectivity index (χ1v) is 9.43. The number of hydrogen-bond acceptors (Lipinski definition) is 3. The monoisotopic (exact) mass is 351 g/mol. The molecule has 3 aromatic rings. The summed E-state index contributed by atoms with van der Waals surface area (Å²) >= 11 is 0. The van der Waals surface area contributed by atoms with Crippen molar-refractivity contribution in [1.82, 2.24) is 9.24 Å². The predicted molar refractivity (Wildman–Crippen MR) is 107 cm³/mol. The minimum atomic E-state index is -0.181. The van der Waals surface area contributed by atoms with Crippen LogP contribution in [0.25, 0.3) is 21.8 Å². The van der Waals surface area contributed by atoms with Crippen LogP contribution in [0.5, 0.6) is 0 Å². The fourth-order valence-electron chi connectivity index (χ4n) is 4.09. The number of aromatic nitrogens is 2. The van der Waals surface area contributed by atoms with Gasteiger partial charge in [-0.1, -0.05) is 26.0 Å². The maximum absolute atomic E-state index is 13.5. The maximum Gasteiger partial charge on any atom is 0.282 e. The summed E-state index contributed by atoms with van der Waals surface area (Å²) < 4.78 is 3.75. The lowest BCUT2D eigenvalue weighted by Gasteiger charge is -2.33. The van der Waals surface area contributed by atoms with E-state index in [4.69, 9.17) is 0 Å². The van der Waals surface area contributed by atoms with Gasteiger partial charge >= 0.3 is 0 Å². The van der Waals surface area contributed by atoms with Crippen LogP contribution in [-0.4, -0.2) is 22.3 Å². The molecule has 0 unspecified atom stereocenters. The molecule has 136 valence electrons. The molecule has 0 aliphatic carbocycles. The van der Waals surface area contributed by atoms with Crippen molar-refractivity contribution < 1.29 is 0 Å². The van der Waals surface area contributed by atoms with E-state index in [1.54, 1.807) is 10.7 Å². The number of pyridine rings is 2. The third-order valence-corrected chi connectivity index (χ3v) is 5.50. The van der Waals surface area contributed by atoms with E-state index in [9.17, 15) is 9.59 Å². The molecule has 2 aromatic heterocycles. The van der Waals surface area contributed by atoms with Crippen molar-refractivity contribution in [2.24, 2.45) is 7.05 Å². The van der Waals surface area contributed by atoms with Gasteiger partial charge in [-0.2, -0.15) is 0 Å². The van der Waals surface area contributed by atoms with E-state index >= 15 is 0 Å². The number of benzene rings is 1. The molecule has 0 atom stereocenters. The first kappa shape index (κ1) is 16.9. The Balaban J connectivity index is 2.15. The lowest BCUT2D eigenvalue weighted by atomic mass is 10.1. The zero-order valence-corrected chi connectivity index (χ0v) is 15.7. The largest absolute Gasteiger partial charge is 0.343 e. The molecule has 0 amide bonds. The lowest BCUT2D eigenvalue weighted by Crippen LogP contribution is -2.47. The second-order valence-electron chi connectivity index (χ2n) is 7.52. The molecule has 1 aliphatic heterocycles. The Hall–Kier alpha value is -2.56. The molecule has 5 nitrogen and oxygen atoms in total. The van der Waals surface area contributed by atoms with Gasteiger partial charge in [0.2, 0.25) is 5.43 Å². The summed E-state index contributed by atoms with van der Waals surface area (Å²) in [7, 11) is 1.93. The molecule has 1 aliphatic rings. The zero-order chi connectivity index (χ0) is 18.4. The van der Waals surface area contributed by atoms with Gasteiger partial charge in [0.25, 0.3) is 5.56 Å². The number of hydrogen-bond donors (Lipinski definition) is 0. The van der Waals surface area contributed by atoms with E-state index in [-0.39, 0.29) is 16.9 Å². The molecule has 5 heteroatoms. The van der Waals surface area contributed by atoms with E-state index in [1.165, 1.54) is 6.42 Å². The summed E-state index contributed by atoms with van der Waals surface area (Å²) in [6.45, 7) is 5.92. The Morgan fingerprint density at radius 1 is 0.962 bits per heavy atom. The van der Waals surface area contributed by atoms with E-state index in [1.807, 2.05) is 35.9 Å². The van der Waals surface area contributed by atoms with Crippen molar-refractivity contribution in [1.29, 1.82) is 0 Å². The lowest BCUT2D eigenvalue weighted by molar-refractivity contribution is 0.455. The van der Waals surface area contributed by atoms with Gasteiger partial charge in [-0.15, -0.1) is 0 Å². The van der Waals surface area contributed by atoms with Gasteiger partial charge < -0.3 is 9.58 Å². The highest BCUT2D eigenvalue weighted by atomic mass is 16.1. The molecule has 1 saturated heterocycles. The van der Waals surface area contributed by atoms with Crippen molar-refractivity contribution in [2.45, 2.75) is 39.0 Å². The van der Waals surface area contributed by atoms with Crippen LogP contribution < -0.4 is 16.0 Å². The number of aryl methyl sites for hydroxylation is 1. The van der Waals surface area contributed by atoms with E-state index in [0.29, 0.717) is 10.8 Å². The summed E-state index contributed by atoms with van der Waals surface area (Å²) in [6.07, 6.45) is 3.36. The van der Waals surface area contributed by atoms with Gasteiger partial charge in [-0.25, -0.2) is 4.68 Å². The summed E-state index contributed by atoms with van der Waals surface area (Å²) in [4.78, 5) is 26.6. The summed E-state index contributed by atoms with van der Waals surface area (Å²) in [5.74, 6) is 0.190. The Labute approximate surface area is 152 Å². The van der Waals surface area contributed by atoms with Gasteiger partial charge in [0.1, 0.15) is 5.39 Å². The fourth-order valence-corrected chi connectivity index (χ4v) is 4.09. The number of nitrogens with zero attached hydrogens (tertiary/aromatic N) is 3. The number of rotatable bonds is 2. The van der Waals surface area contributed by atoms with Gasteiger partial charge in [0.05, 0.1) is 11.0 Å². The van der Waals surface area contributed by atoms with Gasteiger partial charge in [0, 0.05) is 31.2 Å². The summed E-state index contributed by atoms with van der Waals surface area (Å²) in [5, 5.41) is 3.01. The quantitative estimate of drug-likeness (QED) is 0.667. The minimum absolute atomic E-state index is 0.167. The molecule has 0 spiro atoms. The zero-order valence-electron chi connectivity index (χ0n) is 15.7. The first-order valence-electron chi connectivity index (χ1n) is 9.43. The van der Waals surface area contributed by atoms with Crippen molar-refractivity contribution in [3.63, 3.8) is 0 Å². The van der Waals surface area contributed by atoms with Crippen LogP contribution in [0.4, 0.5) is 0 Å². The number of para-hydroxylation sites is 1. The van der Waals surface area contributed by atoms with Crippen LogP contribution >= 0.6 is 0 Å². The number of fused-ring (bicyclic) bond motifs is 2. The average Bonchev–Trinajstić information content (AvgIpc) is 2.66. The standard InChI is InChI=1S/C21H25N3O2/c1-14(2)17-13-18-19(21(26)24(17)23-11-7-4-8-12-23)20(25)15-9-5-6-10-16(15)22(18)3/h5-6,9-10,13-14H,4,7-8,11-12H2,1-3H3. The molecule has 1 aromatic carbocycles. The maximum atomic E-state index is 13.5. The molecule has 0 saturated carbocycles. The van der Waals surface area contributed by atoms with E-state index < -0.39 is 0 Å². The smallest absolute Gasteiger partial charge is 0.282 e. The normalized spacial score (nSPS) is 15.3. The summed E-state index contributed by atoms with van der Waals surface area (Å²) in [6, 6.07) is 9.54. The van der Waals surface area contributed by atoms with Crippen LogP contribution in [0.2, 0.25) is 0 Å². The first-order chi connectivity index (χ1) is 12.5. The highest BCUT2D eigenvalue weighted by molar-refractivity contribution is 5.93. The molecule has 1 fully saturated rings. The Kier molecular flexibility index (Phi) is 4.10. The molecule has 0 N–H and O–H groups in total. The van der Waals surface area contributed by atoms with Gasteiger partial charge in [0.15, 0.2) is 0 Å². The fraction of sp³-hybridized carbons (Fsp3) is 0.429. The Morgan fingerprint density at radius 2 is 1.65 bits per heavy atom. The topological polar surface area (TPSA) is 47.2 Å². The van der Waals surface area contributed by atoms with Crippen molar-refractivity contribution in [2.75, 3.05) is 18.1 Å². The Morgan fingerprint density at radius 3 is 2.35 bits per heavy atom. The average molecular weight is 351 g/mol. The molecular formula is C21H25N3O2. The van der Waals surface area contributed by atoms with Crippen LogP contribution in [0, 0.1) is 0 Å². The van der Waals surface area contributed by atoms with Crippen LogP contribution in [0.1, 0.15) is 44.7 Å². The van der Waals surface area contributed by atoms with Gasteiger partial charge in [-0.05, 0) is 43.4 Å². The second kappa shape index (κ2) is 6.31. The summed E-state index contributed by atoms with van der Waals surface area (Å²) in [5.41, 5.74) is 2.19. The molecule has 3 heterocycles. The third-order valence-electron chi connectivity index (χ3n) is 5.50. The molecule has 4 rings (SSSR count). The minimum Gasteiger partial charge on any atom is -0.343 e. The molecular weight excluding hydrogens is 326 g/mol.